The van der Waals surface area contributed by atoms with E-state index in [1.807, 2.05) is 31.5 Å². The number of hydrogen-bond donors (Lipinski definition) is 1. The molecule has 1 aliphatic rings. The molecule has 5 nitrogen and oxygen atoms in total. The molecular weight excluding hydrogens is 320 g/mol. The number of nitrogens with zero attached hydrogens (tertiary/aromatic N) is 3. The van der Waals surface area contributed by atoms with Gasteiger partial charge >= 0.3 is 0 Å². The summed E-state index contributed by atoms with van der Waals surface area (Å²) in [4.78, 5) is 23.4. The Morgan fingerprint density at radius 1 is 1.38 bits per heavy atom. The summed E-state index contributed by atoms with van der Waals surface area (Å²) < 4.78 is 0. The average molecular weight is 344 g/mol. The summed E-state index contributed by atoms with van der Waals surface area (Å²) in [6, 6.07) is 4.02. The SMILES string of the molecule is Cc1nc(CCNC(=O)[C@@H]2CCCCN2Cc2ccncc2)cs1. The van der Waals surface area contributed by atoms with Crippen LogP contribution in [0.3, 0.4) is 0 Å². The summed E-state index contributed by atoms with van der Waals surface area (Å²) in [5, 5.41) is 6.24. The summed E-state index contributed by atoms with van der Waals surface area (Å²) >= 11 is 1.66. The number of nitrogens with one attached hydrogen (secondary N) is 1. The molecular formula is C18H24N4OS. The molecule has 0 bridgehead atoms. The lowest BCUT2D eigenvalue weighted by Crippen LogP contribution is -2.49. The number of carbonyl (C=O) groups is 1. The van der Waals surface area contributed by atoms with E-state index < -0.39 is 0 Å². The van der Waals surface area contributed by atoms with Crippen molar-refractivity contribution in [2.45, 2.75) is 45.2 Å². The van der Waals surface area contributed by atoms with E-state index in [-0.39, 0.29) is 11.9 Å². The maximum Gasteiger partial charge on any atom is 0.237 e. The summed E-state index contributed by atoms with van der Waals surface area (Å²) in [7, 11) is 0. The molecule has 128 valence electrons. The molecule has 0 saturated carbocycles. The summed E-state index contributed by atoms with van der Waals surface area (Å²) in [5.74, 6) is 0.149. The predicted octanol–water partition coefficient (Wildman–Crippen LogP) is 2.56. The van der Waals surface area contributed by atoms with Crippen molar-refractivity contribution in [3.63, 3.8) is 0 Å². The Morgan fingerprint density at radius 2 is 2.21 bits per heavy atom. The number of thiazole rings is 1. The minimum atomic E-state index is -0.0240. The van der Waals surface area contributed by atoms with Gasteiger partial charge in [-0.3, -0.25) is 14.7 Å². The molecule has 6 heteroatoms. The van der Waals surface area contributed by atoms with Crippen LogP contribution in [0.4, 0.5) is 0 Å². The van der Waals surface area contributed by atoms with E-state index in [2.05, 4.69) is 25.6 Å². The van der Waals surface area contributed by atoms with E-state index in [0.717, 1.165) is 49.5 Å². The number of piperidine rings is 1. The molecule has 0 unspecified atom stereocenters. The van der Waals surface area contributed by atoms with Crippen LogP contribution in [0.1, 0.15) is 35.5 Å². The van der Waals surface area contributed by atoms with Crippen LogP contribution in [-0.4, -0.2) is 39.9 Å². The number of likely N-dealkylation sites (tertiary alicyclic amines) is 1. The maximum absolute atomic E-state index is 12.6. The molecule has 1 aliphatic heterocycles. The lowest BCUT2D eigenvalue weighted by molar-refractivity contribution is -0.127. The average Bonchev–Trinajstić information content (AvgIpc) is 3.01. The number of pyridine rings is 1. The summed E-state index contributed by atoms with van der Waals surface area (Å²) in [6.07, 6.45) is 7.64. The van der Waals surface area contributed by atoms with E-state index in [9.17, 15) is 4.79 Å². The first-order chi connectivity index (χ1) is 11.7. The molecule has 3 rings (SSSR count). The van der Waals surface area contributed by atoms with Crippen LogP contribution in [0.15, 0.2) is 29.9 Å². The van der Waals surface area contributed by atoms with Crippen LogP contribution in [0.2, 0.25) is 0 Å². The van der Waals surface area contributed by atoms with Crippen LogP contribution in [0, 0.1) is 6.92 Å². The Kier molecular flexibility index (Phi) is 5.93. The molecule has 0 spiro atoms. The van der Waals surface area contributed by atoms with E-state index in [1.165, 1.54) is 5.56 Å². The molecule has 0 aromatic carbocycles. The van der Waals surface area contributed by atoms with Crippen LogP contribution in [-0.2, 0) is 17.8 Å². The standard InChI is InChI=1S/C18H24N4OS/c1-14-21-16(13-24-14)7-10-20-18(23)17-4-2-3-11-22(17)12-15-5-8-19-9-6-15/h5-6,8-9,13,17H,2-4,7,10-12H2,1H3,(H,20,23)/t17-/m0/s1. The Labute approximate surface area is 147 Å². The van der Waals surface area contributed by atoms with E-state index >= 15 is 0 Å². The second kappa shape index (κ2) is 8.35. The van der Waals surface area contributed by atoms with Gasteiger partial charge in [-0.15, -0.1) is 11.3 Å². The summed E-state index contributed by atoms with van der Waals surface area (Å²) in [5.41, 5.74) is 2.28. The third-order valence-electron chi connectivity index (χ3n) is 4.40. The largest absolute Gasteiger partial charge is 0.354 e. The van der Waals surface area contributed by atoms with Crippen LogP contribution in [0.5, 0.6) is 0 Å². The second-order valence-electron chi connectivity index (χ2n) is 6.24. The van der Waals surface area contributed by atoms with Crippen LogP contribution < -0.4 is 5.32 Å². The molecule has 3 heterocycles. The van der Waals surface area contributed by atoms with Crippen molar-refractivity contribution in [2.75, 3.05) is 13.1 Å². The molecule has 2 aromatic heterocycles. The van der Waals surface area contributed by atoms with Crippen molar-refractivity contribution in [2.24, 2.45) is 0 Å². The zero-order valence-corrected chi connectivity index (χ0v) is 14.9. The highest BCUT2D eigenvalue weighted by Gasteiger charge is 2.28. The number of aromatic nitrogens is 2. The number of rotatable bonds is 6. The van der Waals surface area contributed by atoms with Gasteiger partial charge in [0.1, 0.15) is 0 Å². The third-order valence-corrected chi connectivity index (χ3v) is 5.22. The Bertz CT molecular complexity index is 658. The topological polar surface area (TPSA) is 58.1 Å². The van der Waals surface area contributed by atoms with Crippen molar-refractivity contribution < 1.29 is 4.79 Å². The zero-order valence-electron chi connectivity index (χ0n) is 14.1. The molecule has 1 amide bonds. The van der Waals surface area contributed by atoms with Gasteiger partial charge in [0.25, 0.3) is 0 Å². The predicted molar refractivity (Wildman–Crippen MR) is 95.9 cm³/mol. The van der Waals surface area contributed by atoms with Gasteiger partial charge in [-0.1, -0.05) is 6.42 Å². The van der Waals surface area contributed by atoms with Crippen molar-refractivity contribution in [3.05, 3.63) is 46.2 Å². The Balaban J connectivity index is 1.53. The van der Waals surface area contributed by atoms with Crippen molar-refractivity contribution >= 4 is 17.2 Å². The minimum Gasteiger partial charge on any atom is -0.354 e. The molecule has 1 fully saturated rings. The normalized spacial score (nSPS) is 18.5. The Morgan fingerprint density at radius 3 is 2.96 bits per heavy atom. The molecule has 1 saturated heterocycles. The fourth-order valence-electron chi connectivity index (χ4n) is 3.15. The quantitative estimate of drug-likeness (QED) is 0.875. The fraction of sp³-hybridized carbons (Fsp3) is 0.500. The van der Waals surface area contributed by atoms with Crippen LogP contribution >= 0.6 is 11.3 Å². The molecule has 0 aliphatic carbocycles. The first kappa shape index (κ1) is 17.0. The first-order valence-electron chi connectivity index (χ1n) is 8.54. The molecule has 1 N–H and O–H groups in total. The van der Waals surface area contributed by atoms with Gasteiger partial charge in [0.2, 0.25) is 5.91 Å². The van der Waals surface area contributed by atoms with Crippen LogP contribution in [0.25, 0.3) is 0 Å². The number of hydrogen-bond acceptors (Lipinski definition) is 5. The van der Waals surface area contributed by atoms with E-state index in [0.29, 0.717) is 6.54 Å². The maximum atomic E-state index is 12.6. The molecule has 2 aromatic rings. The van der Waals surface area contributed by atoms with Crippen molar-refractivity contribution in [1.29, 1.82) is 0 Å². The van der Waals surface area contributed by atoms with Crippen molar-refractivity contribution in [3.8, 4) is 0 Å². The van der Waals surface area contributed by atoms with Gasteiger partial charge in [0, 0.05) is 37.3 Å². The minimum absolute atomic E-state index is 0.0240. The highest BCUT2D eigenvalue weighted by molar-refractivity contribution is 7.09. The lowest BCUT2D eigenvalue weighted by atomic mass is 10.0. The molecule has 0 radical (unpaired) electrons. The fourth-order valence-corrected chi connectivity index (χ4v) is 3.80. The third kappa shape index (κ3) is 4.61. The highest BCUT2D eigenvalue weighted by Crippen LogP contribution is 2.19. The second-order valence-corrected chi connectivity index (χ2v) is 7.30. The van der Waals surface area contributed by atoms with Gasteiger partial charge in [0.05, 0.1) is 16.7 Å². The van der Waals surface area contributed by atoms with Gasteiger partial charge < -0.3 is 5.32 Å². The highest BCUT2D eigenvalue weighted by atomic mass is 32.1. The lowest BCUT2D eigenvalue weighted by Gasteiger charge is -2.34. The van der Waals surface area contributed by atoms with Gasteiger partial charge in [0.15, 0.2) is 0 Å². The van der Waals surface area contributed by atoms with E-state index in [4.69, 9.17) is 0 Å². The monoisotopic (exact) mass is 344 g/mol. The molecule has 1 atom stereocenters. The smallest absolute Gasteiger partial charge is 0.237 e. The number of aryl methyl sites for hydroxylation is 1. The van der Waals surface area contributed by atoms with Gasteiger partial charge in [-0.2, -0.15) is 0 Å². The van der Waals surface area contributed by atoms with Gasteiger partial charge in [-0.05, 0) is 44.0 Å². The number of carbonyl (C=O) groups excluding carboxylic acids is 1. The summed E-state index contributed by atoms with van der Waals surface area (Å²) in [6.45, 7) is 4.45. The van der Waals surface area contributed by atoms with E-state index in [1.54, 1.807) is 11.3 Å². The molecule has 24 heavy (non-hydrogen) atoms. The number of amides is 1. The van der Waals surface area contributed by atoms with Gasteiger partial charge in [-0.25, -0.2) is 4.98 Å². The zero-order chi connectivity index (χ0) is 16.8. The first-order valence-corrected chi connectivity index (χ1v) is 9.42. The Hall–Kier alpha value is -1.79. The van der Waals surface area contributed by atoms with Crippen molar-refractivity contribution in [1.82, 2.24) is 20.2 Å².